The molecule has 1 N–H and O–H groups in total. The fraction of sp³-hybridized carbons (Fsp3) is 0. The number of halogens is 1. The van der Waals surface area contributed by atoms with Crippen molar-refractivity contribution in [3.8, 4) is 17.5 Å². The Morgan fingerprint density at radius 2 is 2.29 bits per heavy atom. The molecule has 0 radical (unpaired) electrons. The maximum atomic E-state index is 8.55. The van der Waals surface area contributed by atoms with E-state index in [4.69, 9.17) is 5.26 Å². The van der Waals surface area contributed by atoms with E-state index in [1.807, 2.05) is 30.3 Å². The number of hydrogen-bond acceptors (Lipinski definition) is 3. The zero-order chi connectivity index (χ0) is 9.97. The van der Waals surface area contributed by atoms with Crippen molar-refractivity contribution in [2.75, 3.05) is 0 Å². The molecule has 1 aromatic carbocycles. The van der Waals surface area contributed by atoms with Gasteiger partial charge in [-0.05, 0) is 12.1 Å². The second-order valence-corrected chi connectivity index (χ2v) is 3.55. The minimum absolute atomic E-state index is 0.153. The number of rotatable bonds is 1. The molecule has 0 bridgehead atoms. The van der Waals surface area contributed by atoms with Crippen molar-refractivity contribution in [1.29, 1.82) is 5.26 Å². The van der Waals surface area contributed by atoms with Gasteiger partial charge in [-0.2, -0.15) is 10.2 Å². The van der Waals surface area contributed by atoms with Crippen LogP contribution in [0, 0.1) is 11.3 Å². The van der Waals surface area contributed by atoms with E-state index in [0.29, 0.717) is 5.82 Å². The van der Waals surface area contributed by atoms with Gasteiger partial charge in [-0.1, -0.05) is 28.1 Å². The van der Waals surface area contributed by atoms with Gasteiger partial charge in [0.15, 0.2) is 5.82 Å². The third-order valence-electron chi connectivity index (χ3n) is 1.68. The number of nitriles is 1. The molecule has 0 amide bonds. The van der Waals surface area contributed by atoms with Gasteiger partial charge in [0, 0.05) is 10.0 Å². The molecular formula is C9H5BrN4. The molecule has 0 aliphatic heterocycles. The number of aromatic nitrogens is 3. The number of nitrogens with zero attached hydrogens (tertiary/aromatic N) is 3. The van der Waals surface area contributed by atoms with Crippen LogP contribution in [-0.4, -0.2) is 15.2 Å². The quantitative estimate of drug-likeness (QED) is 0.841. The number of H-pyrrole nitrogens is 1. The Morgan fingerprint density at radius 3 is 2.93 bits per heavy atom. The summed E-state index contributed by atoms with van der Waals surface area (Å²) < 4.78 is 0.963. The summed E-state index contributed by atoms with van der Waals surface area (Å²) >= 11 is 3.36. The van der Waals surface area contributed by atoms with Crippen molar-refractivity contribution in [2.45, 2.75) is 0 Å². The van der Waals surface area contributed by atoms with Gasteiger partial charge in [-0.3, -0.25) is 5.10 Å². The lowest BCUT2D eigenvalue weighted by molar-refractivity contribution is 1.07. The smallest absolute Gasteiger partial charge is 0.252 e. The largest absolute Gasteiger partial charge is 0.258 e. The van der Waals surface area contributed by atoms with Crippen molar-refractivity contribution in [3.05, 3.63) is 34.6 Å². The van der Waals surface area contributed by atoms with Crippen LogP contribution in [0.15, 0.2) is 28.7 Å². The molecule has 0 fully saturated rings. The van der Waals surface area contributed by atoms with Gasteiger partial charge in [0.2, 0.25) is 0 Å². The highest BCUT2D eigenvalue weighted by Crippen LogP contribution is 2.19. The molecule has 0 atom stereocenters. The highest BCUT2D eigenvalue weighted by molar-refractivity contribution is 9.10. The van der Waals surface area contributed by atoms with Crippen LogP contribution in [0.4, 0.5) is 0 Å². The fourth-order valence-electron chi connectivity index (χ4n) is 1.08. The van der Waals surface area contributed by atoms with Gasteiger partial charge in [-0.25, -0.2) is 0 Å². The minimum atomic E-state index is 0.153. The summed E-state index contributed by atoms with van der Waals surface area (Å²) in [5.74, 6) is 0.753. The SMILES string of the molecule is N#Cc1n[nH]c(-c2cccc(Br)c2)n1. The van der Waals surface area contributed by atoms with E-state index in [0.717, 1.165) is 10.0 Å². The Bertz CT molecular complexity index is 498. The molecule has 0 aliphatic carbocycles. The van der Waals surface area contributed by atoms with Crippen molar-refractivity contribution in [3.63, 3.8) is 0 Å². The van der Waals surface area contributed by atoms with E-state index in [2.05, 4.69) is 31.1 Å². The molecule has 2 rings (SSSR count). The first kappa shape index (κ1) is 8.91. The lowest BCUT2D eigenvalue weighted by Gasteiger charge is -1.95. The third kappa shape index (κ3) is 1.65. The van der Waals surface area contributed by atoms with Crippen molar-refractivity contribution >= 4 is 15.9 Å². The molecule has 1 aromatic heterocycles. The van der Waals surface area contributed by atoms with Gasteiger partial charge in [0.1, 0.15) is 6.07 Å². The summed E-state index contributed by atoms with van der Waals surface area (Å²) in [6.07, 6.45) is 0. The molecule has 0 spiro atoms. The first-order valence-electron chi connectivity index (χ1n) is 3.88. The molecule has 2 aromatic rings. The average Bonchev–Trinajstić information content (AvgIpc) is 2.66. The Balaban J connectivity index is 2.45. The van der Waals surface area contributed by atoms with Crippen molar-refractivity contribution in [1.82, 2.24) is 15.2 Å². The number of nitrogens with one attached hydrogen (secondary N) is 1. The molecule has 0 unspecified atom stereocenters. The van der Waals surface area contributed by atoms with Gasteiger partial charge in [0.25, 0.3) is 5.82 Å². The van der Waals surface area contributed by atoms with Crippen LogP contribution in [0.25, 0.3) is 11.4 Å². The summed E-state index contributed by atoms with van der Waals surface area (Å²) in [6, 6.07) is 9.48. The van der Waals surface area contributed by atoms with Crippen LogP contribution >= 0.6 is 15.9 Å². The van der Waals surface area contributed by atoms with E-state index < -0.39 is 0 Å². The molecule has 0 saturated carbocycles. The van der Waals surface area contributed by atoms with E-state index in [1.54, 1.807) is 0 Å². The fourth-order valence-corrected chi connectivity index (χ4v) is 1.48. The standard InChI is InChI=1S/C9H5BrN4/c10-7-3-1-2-6(4-7)9-12-8(5-11)13-14-9/h1-4H,(H,12,13,14). The van der Waals surface area contributed by atoms with Gasteiger partial charge >= 0.3 is 0 Å². The molecule has 4 nitrogen and oxygen atoms in total. The maximum absolute atomic E-state index is 8.55. The normalized spacial score (nSPS) is 9.71. The van der Waals surface area contributed by atoms with Gasteiger partial charge in [-0.15, -0.1) is 5.10 Å². The predicted octanol–water partition coefficient (Wildman–Crippen LogP) is 2.11. The summed E-state index contributed by atoms with van der Waals surface area (Å²) in [7, 11) is 0. The van der Waals surface area contributed by atoms with Crippen molar-refractivity contribution < 1.29 is 0 Å². The summed E-state index contributed by atoms with van der Waals surface area (Å²) in [5, 5.41) is 15.0. The summed E-state index contributed by atoms with van der Waals surface area (Å²) in [4.78, 5) is 3.99. The van der Waals surface area contributed by atoms with Crippen LogP contribution in [-0.2, 0) is 0 Å². The van der Waals surface area contributed by atoms with Crippen LogP contribution in [0.2, 0.25) is 0 Å². The summed E-state index contributed by atoms with van der Waals surface area (Å²) in [6.45, 7) is 0. The first-order valence-corrected chi connectivity index (χ1v) is 4.67. The lowest BCUT2D eigenvalue weighted by atomic mass is 10.2. The average molecular weight is 249 g/mol. The molecule has 1 heterocycles. The molecule has 14 heavy (non-hydrogen) atoms. The third-order valence-corrected chi connectivity index (χ3v) is 2.18. The monoisotopic (exact) mass is 248 g/mol. The second-order valence-electron chi connectivity index (χ2n) is 2.63. The number of benzene rings is 1. The van der Waals surface area contributed by atoms with Crippen LogP contribution < -0.4 is 0 Å². The van der Waals surface area contributed by atoms with Crippen molar-refractivity contribution in [2.24, 2.45) is 0 Å². The predicted molar refractivity (Wildman–Crippen MR) is 54.2 cm³/mol. The zero-order valence-corrected chi connectivity index (χ0v) is 8.62. The van der Waals surface area contributed by atoms with Crippen LogP contribution in [0.5, 0.6) is 0 Å². The van der Waals surface area contributed by atoms with Crippen LogP contribution in [0.3, 0.4) is 0 Å². The number of hydrogen-bond donors (Lipinski definition) is 1. The Hall–Kier alpha value is -1.67. The molecule has 68 valence electrons. The van der Waals surface area contributed by atoms with E-state index in [9.17, 15) is 0 Å². The minimum Gasteiger partial charge on any atom is -0.258 e. The Labute approximate surface area is 88.7 Å². The lowest BCUT2D eigenvalue weighted by Crippen LogP contribution is -1.80. The molecule has 0 saturated heterocycles. The highest BCUT2D eigenvalue weighted by atomic mass is 79.9. The van der Waals surface area contributed by atoms with Gasteiger partial charge in [0.05, 0.1) is 0 Å². The maximum Gasteiger partial charge on any atom is 0.252 e. The Morgan fingerprint density at radius 1 is 1.43 bits per heavy atom. The highest BCUT2D eigenvalue weighted by Gasteiger charge is 2.04. The first-order chi connectivity index (χ1) is 6.79. The number of aromatic amines is 1. The summed E-state index contributed by atoms with van der Waals surface area (Å²) in [5.41, 5.74) is 0.897. The van der Waals surface area contributed by atoms with E-state index in [-0.39, 0.29) is 5.82 Å². The zero-order valence-electron chi connectivity index (χ0n) is 7.03. The van der Waals surface area contributed by atoms with Crippen LogP contribution in [0.1, 0.15) is 5.82 Å². The van der Waals surface area contributed by atoms with Gasteiger partial charge < -0.3 is 0 Å². The van der Waals surface area contributed by atoms with E-state index >= 15 is 0 Å². The molecule has 5 heteroatoms. The molecule has 0 aliphatic rings. The topological polar surface area (TPSA) is 65.4 Å². The molecular weight excluding hydrogens is 244 g/mol. The second kappa shape index (κ2) is 3.60. The van der Waals surface area contributed by atoms with E-state index in [1.165, 1.54) is 0 Å². The Kier molecular flexibility index (Phi) is 2.29.